The zero-order valence-electron chi connectivity index (χ0n) is 9.70. The zero-order valence-corrected chi connectivity index (χ0v) is 10.5. The Labute approximate surface area is 106 Å². The normalized spacial score (nSPS) is 32.3. The fourth-order valence-corrected chi connectivity index (χ4v) is 3.48. The number of nitrogens with two attached hydrogens (primary N) is 1. The standard InChI is InChI=1S/C14H17ClFN/c15-12-2-1-3-13(16)11(12)7-14(17)10-5-8-4-9(8)6-10/h1-3,8-10,14H,4-7,17H2. The second-order valence-corrected chi connectivity index (χ2v) is 5.96. The third kappa shape index (κ3) is 2.21. The Morgan fingerprint density at radius 1 is 1.29 bits per heavy atom. The first-order valence-corrected chi connectivity index (χ1v) is 6.71. The Balaban J connectivity index is 1.69. The van der Waals surface area contributed by atoms with Crippen molar-refractivity contribution < 1.29 is 4.39 Å². The van der Waals surface area contributed by atoms with Gasteiger partial charge in [-0.15, -0.1) is 0 Å². The lowest BCUT2D eigenvalue weighted by molar-refractivity contribution is 0.389. The molecule has 0 radical (unpaired) electrons. The van der Waals surface area contributed by atoms with Gasteiger partial charge in [-0.25, -0.2) is 4.39 Å². The first kappa shape index (κ1) is 11.5. The maximum Gasteiger partial charge on any atom is 0.127 e. The highest BCUT2D eigenvalue weighted by molar-refractivity contribution is 6.31. The van der Waals surface area contributed by atoms with Crippen molar-refractivity contribution >= 4 is 11.6 Å². The van der Waals surface area contributed by atoms with Crippen LogP contribution in [-0.4, -0.2) is 6.04 Å². The van der Waals surface area contributed by atoms with Crippen molar-refractivity contribution in [1.82, 2.24) is 0 Å². The largest absolute Gasteiger partial charge is 0.327 e. The molecule has 0 bridgehead atoms. The van der Waals surface area contributed by atoms with E-state index in [1.807, 2.05) is 0 Å². The van der Waals surface area contributed by atoms with Crippen molar-refractivity contribution in [1.29, 1.82) is 0 Å². The number of benzene rings is 1. The molecule has 0 aromatic heterocycles. The Kier molecular flexibility index (Phi) is 2.87. The summed E-state index contributed by atoms with van der Waals surface area (Å²) < 4.78 is 13.6. The molecule has 0 amide bonds. The van der Waals surface area contributed by atoms with Crippen LogP contribution in [0.15, 0.2) is 18.2 Å². The van der Waals surface area contributed by atoms with Crippen molar-refractivity contribution in [3.8, 4) is 0 Å². The number of halogens is 2. The predicted octanol–water partition coefficient (Wildman–Crippen LogP) is 3.40. The number of hydrogen-bond donors (Lipinski definition) is 1. The zero-order chi connectivity index (χ0) is 12.0. The average molecular weight is 254 g/mol. The minimum Gasteiger partial charge on any atom is -0.327 e. The maximum absolute atomic E-state index is 13.6. The predicted molar refractivity (Wildman–Crippen MR) is 67.4 cm³/mol. The van der Waals surface area contributed by atoms with Crippen LogP contribution in [0.1, 0.15) is 24.8 Å². The summed E-state index contributed by atoms with van der Waals surface area (Å²) in [5.74, 6) is 2.18. The minimum atomic E-state index is -0.226. The number of rotatable bonds is 3. The van der Waals surface area contributed by atoms with E-state index < -0.39 is 0 Å². The lowest BCUT2D eigenvalue weighted by Crippen LogP contribution is -2.32. The molecule has 2 aliphatic carbocycles. The first-order valence-electron chi connectivity index (χ1n) is 6.33. The molecule has 0 heterocycles. The van der Waals surface area contributed by atoms with Gasteiger partial charge in [0.25, 0.3) is 0 Å². The smallest absolute Gasteiger partial charge is 0.127 e. The van der Waals surface area contributed by atoms with Crippen LogP contribution in [0, 0.1) is 23.6 Å². The molecule has 0 spiro atoms. The van der Waals surface area contributed by atoms with Gasteiger partial charge >= 0.3 is 0 Å². The van der Waals surface area contributed by atoms with Crippen LogP contribution in [0.3, 0.4) is 0 Å². The third-order valence-electron chi connectivity index (χ3n) is 4.39. The van der Waals surface area contributed by atoms with Crippen molar-refractivity contribution in [3.63, 3.8) is 0 Å². The molecule has 0 aliphatic heterocycles. The molecule has 1 aromatic rings. The Bertz CT molecular complexity index is 404. The summed E-state index contributed by atoms with van der Waals surface area (Å²) in [6.07, 6.45) is 4.43. The molecule has 92 valence electrons. The van der Waals surface area contributed by atoms with E-state index >= 15 is 0 Å². The van der Waals surface area contributed by atoms with E-state index in [4.69, 9.17) is 17.3 Å². The van der Waals surface area contributed by atoms with Gasteiger partial charge in [0.1, 0.15) is 5.82 Å². The van der Waals surface area contributed by atoms with Gasteiger partial charge in [-0.2, -0.15) is 0 Å². The van der Waals surface area contributed by atoms with Crippen molar-refractivity contribution in [3.05, 3.63) is 34.6 Å². The highest BCUT2D eigenvalue weighted by atomic mass is 35.5. The minimum absolute atomic E-state index is 0.0530. The van der Waals surface area contributed by atoms with Gasteiger partial charge < -0.3 is 5.73 Å². The van der Waals surface area contributed by atoms with Crippen LogP contribution < -0.4 is 5.73 Å². The molecule has 0 saturated heterocycles. The lowest BCUT2D eigenvalue weighted by Gasteiger charge is -2.21. The van der Waals surface area contributed by atoms with Gasteiger partial charge in [0.2, 0.25) is 0 Å². The molecule has 3 rings (SSSR count). The second kappa shape index (κ2) is 4.25. The summed E-state index contributed by atoms with van der Waals surface area (Å²) >= 11 is 6.02. The monoisotopic (exact) mass is 253 g/mol. The molecule has 2 fully saturated rings. The van der Waals surface area contributed by atoms with Gasteiger partial charge in [-0.1, -0.05) is 17.7 Å². The van der Waals surface area contributed by atoms with Crippen LogP contribution in [0.5, 0.6) is 0 Å². The summed E-state index contributed by atoms with van der Waals surface area (Å²) in [6, 6.07) is 4.88. The lowest BCUT2D eigenvalue weighted by atomic mass is 9.90. The molecule has 1 nitrogen and oxygen atoms in total. The van der Waals surface area contributed by atoms with Crippen molar-refractivity contribution in [2.75, 3.05) is 0 Å². The quantitative estimate of drug-likeness (QED) is 0.878. The molecular formula is C14H17ClFN. The van der Waals surface area contributed by atoms with Gasteiger partial charge in [-0.3, -0.25) is 0 Å². The summed E-state index contributed by atoms with van der Waals surface area (Å²) in [4.78, 5) is 0. The topological polar surface area (TPSA) is 26.0 Å². The molecule has 2 saturated carbocycles. The summed E-state index contributed by atoms with van der Waals surface area (Å²) in [5, 5.41) is 0.503. The van der Waals surface area contributed by atoms with Crippen LogP contribution >= 0.6 is 11.6 Å². The summed E-state index contributed by atoms with van der Waals surface area (Å²) in [6.45, 7) is 0. The van der Waals surface area contributed by atoms with E-state index in [0.717, 1.165) is 11.8 Å². The molecule has 3 atom stereocenters. The molecule has 2 aliphatic rings. The Hall–Kier alpha value is -0.600. The molecule has 2 N–H and O–H groups in total. The SMILES string of the molecule is NC(Cc1c(F)cccc1Cl)C1CC2CC2C1. The van der Waals surface area contributed by atoms with Crippen LogP contribution in [0.25, 0.3) is 0 Å². The fraction of sp³-hybridized carbons (Fsp3) is 0.571. The third-order valence-corrected chi connectivity index (χ3v) is 4.74. The van der Waals surface area contributed by atoms with Crippen molar-refractivity contribution in [2.24, 2.45) is 23.5 Å². The maximum atomic E-state index is 13.6. The van der Waals surface area contributed by atoms with Crippen molar-refractivity contribution in [2.45, 2.75) is 31.7 Å². The number of fused-ring (bicyclic) bond motifs is 1. The molecule has 17 heavy (non-hydrogen) atoms. The molecule has 3 heteroatoms. The Morgan fingerprint density at radius 2 is 2.00 bits per heavy atom. The van der Waals surface area contributed by atoms with Gasteiger partial charge in [0, 0.05) is 16.6 Å². The second-order valence-electron chi connectivity index (χ2n) is 5.56. The molecule has 1 aromatic carbocycles. The fourth-order valence-electron chi connectivity index (χ4n) is 3.24. The first-order chi connectivity index (χ1) is 8.15. The molecular weight excluding hydrogens is 237 g/mol. The van der Waals surface area contributed by atoms with Crippen LogP contribution in [0.2, 0.25) is 5.02 Å². The van der Waals surface area contributed by atoms with E-state index in [0.29, 0.717) is 22.9 Å². The van der Waals surface area contributed by atoms with Crippen LogP contribution in [0.4, 0.5) is 4.39 Å². The van der Waals surface area contributed by atoms with E-state index in [9.17, 15) is 4.39 Å². The molecule has 3 unspecified atom stereocenters. The van der Waals surface area contributed by atoms with Gasteiger partial charge in [-0.05, 0) is 55.6 Å². The average Bonchev–Trinajstić information content (AvgIpc) is 2.91. The summed E-state index contributed by atoms with van der Waals surface area (Å²) in [7, 11) is 0. The Morgan fingerprint density at radius 3 is 2.65 bits per heavy atom. The van der Waals surface area contributed by atoms with E-state index in [1.54, 1.807) is 12.1 Å². The van der Waals surface area contributed by atoms with Crippen LogP contribution in [-0.2, 0) is 6.42 Å². The highest BCUT2D eigenvalue weighted by Gasteiger charge is 2.47. The summed E-state index contributed by atoms with van der Waals surface area (Å²) in [5.41, 5.74) is 6.79. The van der Waals surface area contributed by atoms with E-state index in [2.05, 4.69) is 0 Å². The van der Waals surface area contributed by atoms with Gasteiger partial charge in [0.05, 0.1) is 0 Å². The van der Waals surface area contributed by atoms with E-state index in [1.165, 1.54) is 25.3 Å². The van der Waals surface area contributed by atoms with Gasteiger partial charge in [0.15, 0.2) is 0 Å². The van der Waals surface area contributed by atoms with E-state index in [-0.39, 0.29) is 11.9 Å². The number of hydrogen-bond acceptors (Lipinski definition) is 1. The highest BCUT2D eigenvalue weighted by Crippen LogP contribution is 2.55.